The number of aryl methyl sites for hydroxylation is 1. The summed E-state index contributed by atoms with van der Waals surface area (Å²) in [6.45, 7) is 3.63. The highest BCUT2D eigenvalue weighted by atomic mass is 16.2. The van der Waals surface area contributed by atoms with Gasteiger partial charge in [0.25, 0.3) is 0 Å². The Bertz CT molecular complexity index is 825. The number of likely N-dealkylation sites (tertiary alicyclic amines) is 1. The largest absolute Gasteiger partial charge is 0.354 e. The Morgan fingerprint density at radius 2 is 1.97 bits per heavy atom. The Morgan fingerprint density at radius 3 is 2.60 bits per heavy atom. The van der Waals surface area contributed by atoms with E-state index in [1.54, 1.807) is 23.7 Å². The first-order chi connectivity index (χ1) is 14.5. The van der Waals surface area contributed by atoms with Gasteiger partial charge in [-0.3, -0.25) is 14.4 Å². The van der Waals surface area contributed by atoms with Crippen molar-refractivity contribution in [3.8, 4) is 0 Å². The molecule has 1 saturated heterocycles. The number of carbonyl (C=O) groups is 1. The Hall–Kier alpha value is -2.94. The predicted octanol–water partition coefficient (Wildman–Crippen LogP) is 0.603. The third-order valence-corrected chi connectivity index (χ3v) is 5.27. The van der Waals surface area contributed by atoms with Gasteiger partial charge >= 0.3 is 0 Å². The molecule has 2 heterocycles. The van der Waals surface area contributed by atoms with Crippen LogP contribution in [-0.2, 0) is 24.9 Å². The van der Waals surface area contributed by atoms with Crippen LogP contribution >= 0.6 is 0 Å². The number of guanidine groups is 1. The van der Waals surface area contributed by atoms with Crippen LogP contribution in [0.25, 0.3) is 0 Å². The zero-order chi connectivity index (χ0) is 21.3. The van der Waals surface area contributed by atoms with Gasteiger partial charge in [0.05, 0.1) is 6.54 Å². The third kappa shape index (κ3) is 6.55. The number of hydrogen-bond donors (Lipinski definition) is 2. The zero-order valence-electron chi connectivity index (χ0n) is 18.1. The first-order valence-corrected chi connectivity index (χ1v) is 10.4. The van der Waals surface area contributed by atoms with Gasteiger partial charge in [0.2, 0.25) is 5.91 Å². The van der Waals surface area contributed by atoms with Crippen LogP contribution in [0.3, 0.4) is 0 Å². The molecule has 1 aromatic heterocycles. The SMILES string of the molecule is CN(C)C(=O)CNC(=NCc1ncnn1C)NC1CCN(Cc2ccccc2)CC1. The van der Waals surface area contributed by atoms with Gasteiger partial charge < -0.3 is 15.5 Å². The summed E-state index contributed by atoms with van der Waals surface area (Å²) in [5.74, 6) is 1.41. The van der Waals surface area contributed by atoms with Crippen LogP contribution in [0.4, 0.5) is 0 Å². The minimum Gasteiger partial charge on any atom is -0.354 e. The van der Waals surface area contributed by atoms with Crippen LogP contribution in [0.2, 0.25) is 0 Å². The number of carbonyl (C=O) groups excluding carboxylic acids is 1. The molecule has 2 aromatic rings. The first-order valence-electron chi connectivity index (χ1n) is 10.4. The summed E-state index contributed by atoms with van der Waals surface area (Å²) >= 11 is 0. The van der Waals surface area contributed by atoms with Gasteiger partial charge in [0, 0.05) is 46.8 Å². The highest BCUT2D eigenvalue weighted by Crippen LogP contribution is 2.14. The van der Waals surface area contributed by atoms with Gasteiger partial charge in [0.1, 0.15) is 18.7 Å². The monoisotopic (exact) mass is 412 g/mol. The number of amides is 1. The summed E-state index contributed by atoms with van der Waals surface area (Å²) in [4.78, 5) is 24.9. The summed E-state index contributed by atoms with van der Waals surface area (Å²) in [7, 11) is 5.34. The van der Waals surface area contributed by atoms with E-state index >= 15 is 0 Å². The zero-order valence-corrected chi connectivity index (χ0v) is 18.1. The smallest absolute Gasteiger partial charge is 0.241 e. The van der Waals surface area contributed by atoms with Crippen molar-refractivity contribution in [2.45, 2.75) is 32.0 Å². The van der Waals surface area contributed by atoms with Crippen molar-refractivity contribution in [3.05, 3.63) is 48.0 Å². The maximum atomic E-state index is 12.0. The van der Waals surface area contributed by atoms with E-state index in [9.17, 15) is 4.79 Å². The molecule has 30 heavy (non-hydrogen) atoms. The van der Waals surface area contributed by atoms with Crippen molar-refractivity contribution in [1.29, 1.82) is 0 Å². The van der Waals surface area contributed by atoms with Gasteiger partial charge in [-0.2, -0.15) is 5.10 Å². The fourth-order valence-corrected chi connectivity index (χ4v) is 3.35. The number of aromatic nitrogens is 3. The second-order valence-corrected chi connectivity index (χ2v) is 7.79. The number of likely N-dealkylation sites (N-methyl/N-ethyl adjacent to an activating group) is 1. The van der Waals surface area contributed by atoms with E-state index in [0.717, 1.165) is 38.3 Å². The molecule has 0 spiro atoms. The van der Waals surface area contributed by atoms with Crippen molar-refractivity contribution in [2.75, 3.05) is 33.7 Å². The van der Waals surface area contributed by atoms with E-state index in [2.05, 4.69) is 60.9 Å². The van der Waals surface area contributed by atoms with Crippen LogP contribution in [0.15, 0.2) is 41.7 Å². The molecule has 1 amide bonds. The second-order valence-electron chi connectivity index (χ2n) is 7.79. The molecule has 9 heteroatoms. The van der Waals surface area contributed by atoms with Crippen molar-refractivity contribution >= 4 is 11.9 Å². The Labute approximate surface area is 178 Å². The summed E-state index contributed by atoms with van der Waals surface area (Å²) in [5, 5.41) is 10.7. The van der Waals surface area contributed by atoms with E-state index in [1.165, 1.54) is 11.9 Å². The summed E-state index contributed by atoms with van der Waals surface area (Å²) in [6.07, 6.45) is 3.57. The molecule has 1 aromatic carbocycles. The standard InChI is InChI=1S/C21H32N8O/c1-27(2)20(30)14-23-21(22-13-19-24-16-25-28(19)3)26-18-9-11-29(12-10-18)15-17-7-5-4-6-8-17/h4-8,16,18H,9-15H2,1-3H3,(H2,22,23,26). The van der Waals surface area contributed by atoms with Crippen molar-refractivity contribution in [3.63, 3.8) is 0 Å². The lowest BCUT2D eigenvalue weighted by Gasteiger charge is -2.33. The lowest BCUT2D eigenvalue weighted by molar-refractivity contribution is -0.127. The summed E-state index contributed by atoms with van der Waals surface area (Å²) < 4.78 is 1.70. The molecule has 3 rings (SSSR count). The summed E-state index contributed by atoms with van der Waals surface area (Å²) in [5.41, 5.74) is 1.35. The Kier molecular flexibility index (Phi) is 7.78. The molecule has 0 aliphatic carbocycles. The highest BCUT2D eigenvalue weighted by Gasteiger charge is 2.20. The molecule has 9 nitrogen and oxygen atoms in total. The van der Waals surface area contributed by atoms with Crippen LogP contribution in [0.1, 0.15) is 24.2 Å². The molecular weight excluding hydrogens is 380 g/mol. The number of hydrogen-bond acceptors (Lipinski definition) is 5. The lowest BCUT2D eigenvalue weighted by atomic mass is 10.0. The predicted molar refractivity (Wildman–Crippen MR) is 117 cm³/mol. The Morgan fingerprint density at radius 1 is 1.23 bits per heavy atom. The van der Waals surface area contributed by atoms with E-state index in [-0.39, 0.29) is 12.5 Å². The van der Waals surface area contributed by atoms with Gasteiger partial charge in [-0.1, -0.05) is 30.3 Å². The van der Waals surface area contributed by atoms with Crippen LogP contribution < -0.4 is 10.6 Å². The molecule has 0 unspecified atom stereocenters. The molecule has 0 saturated carbocycles. The average Bonchev–Trinajstić information content (AvgIpc) is 3.16. The van der Waals surface area contributed by atoms with E-state index < -0.39 is 0 Å². The molecule has 0 bridgehead atoms. The fourth-order valence-electron chi connectivity index (χ4n) is 3.35. The molecule has 1 aliphatic heterocycles. The third-order valence-electron chi connectivity index (χ3n) is 5.27. The van der Waals surface area contributed by atoms with E-state index in [4.69, 9.17) is 0 Å². The van der Waals surface area contributed by atoms with Crippen LogP contribution in [-0.4, -0.2) is 76.2 Å². The molecule has 1 aliphatic rings. The normalized spacial score (nSPS) is 15.8. The van der Waals surface area contributed by atoms with Gasteiger partial charge in [-0.15, -0.1) is 0 Å². The Balaban J connectivity index is 1.54. The quantitative estimate of drug-likeness (QED) is 0.511. The molecule has 0 atom stereocenters. The number of piperidine rings is 1. The minimum absolute atomic E-state index is 0.000777. The van der Waals surface area contributed by atoms with Gasteiger partial charge in [-0.25, -0.2) is 9.98 Å². The molecular formula is C21H32N8O. The summed E-state index contributed by atoms with van der Waals surface area (Å²) in [6, 6.07) is 10.9. The maximum Gasteiger partial charge on any atom is 0.241 e. The average molecular weight is 413 g/mol. The number of aliphatic imine (C=N–C) groups is 1. The lowest BCUT2D eigenvalue weighted by Crippen LogP contribution is -2.50. The van der Waals surface area contributed by atoms with Gasteiger partial charge in [0.15, 0.2) is 5.96 Å². The van der Waals surface area contributed by atoms with Crippen LogP contribution in [0.5, 0.6) is 0 Å². The molecule has 0 radical (unpaired) electrons. The topological polar surface area (TPSA) is 90.7 Å². The molecule has 162 valence electrons. The van der Waals surface area contributed by atoms with Crippen molar-refractivity contribution in [2.24, 2.45) is 12.0 Å². The molecule has 1 fully saturated rings. The van der Waals surface area contributed by atoms with E-state index in [0.29, 0.717) is 18.5 Å². The number of benzene rings is 1. The number of nitrogens with zero attached hydrogens (tertiary/aromatic N) is 6. The van der Waals surface area contributed by atoms with Gasteiger partial charge in [-0.05, 0) is 18.4 Å². The van der Waals surface area contributed by atoms with Crippen molar-refractivity contribution < 1.29 is 4.79 Å². The second kappa shape index (κ2) is 10.7. The number of nitrogens with one attached hydrogen (secondary N) is 2. The van der Waals surface area contributed by atoms with Crippen molar-refractivity contribution in [1.82, 2.24) is 35.2 Å². The number of rotatable bonds is 7. The maximum absolute atomic E-state index is 12.0. The van der Waals surface area contributed by atoms with Crippen LogP contribution in [0, 0.1) is 0 Å². The highest BCUT2D eigenvalue weighted by molar-refractivity contribution is 5.86. The molecule has 2 N–H and O–H groups in total. The minimum atomic E-state index is 0.000777. The first kappa shape index (κ1) is 21.8. The van der Waals surface area contributed by atoms with E-state index in [1.807, 2.05) is 7.05 Å². The fraction of sp³-hybridized carbons (Fsp3) is 0.524.